The van der Waals surface area contributed by atoms with Gasteiger partial charge in [0.2, 0.25) is 17.2 Å². The van der Waals surface area contributed by atoms with Gasteiger partial charge in [-0.3, -0.25) is 4.98 Å². The lowest BCUT2D eigenvalue weighted by molar-refractivity contribution is 0.846. The third kappa shape index (κ3) is 3.75. The number of aromatic nitrogens is 4. The number of hydrogen-bond donors (Lipinski definition) is 2. The van der Waals surface area contributed by atoms with Crippen LogP contribution >= 0.6 is 11.6 Å². The van der Waals surface area contributed by atoms with Gasteiger partial charge in [-0.1, -0.05) is 6.07 Å². The summed E-state index contributed by atoms with van der Waals surface area (Å²) in [6, 6.07) is 3.90. The van der Waals surface area contributed by atoms with Crippen molar-refractivity contribution < 1.29 is 0 Å². The predicted molar refractivity (Wildman–Crippen MR) is 75.3 cm³/mol. The molecule has 0 amide bonds. The summed E-state index contributed by atoms with van der Waals surface area (Å²) in [5.74, 6) is 0.899. The maximum absolute atomic E-state index is 5.86. The highest BCUT2D eigenvalue weighted by atomic mass is 35.5. The van der Waals surface area contributed by atoms with Crippen molar-refractivity contribution in [3.05, 3.63) is 35.4 Å². The Morgan fingerprint density at radius 2 is 2.05 bits per heavy atom. The minimum Gasteiger partial charge on any atom is -0.354 e. The van der Waals surface area contributed by atoms with Crippen molar-refractivity contribution in [3.63, 3.8) is 0 Å². The van der Waals surface area contributed by atoms with Gasteiger partial charge in [0.15, 0.2) is 0 Å². The van der Waals surface area contributed by atoms with E-state index >= 15 is 0 Å². The second kappa shape index (κ2) is 6.29. The van der Waals surface area contributed by atoms with E-state index in [-0.39, 0.29) is 11.3 Å². The number of halogens is 1. The largest absolute Gasteiger partial charge is 0.354 e. The zero-order chi connectivity index (χ0) is 13.7. The second-order valence-corrected chi connectivity index (χ2v) is 4.27. The van der Waals surface area contributed by atoms with Crippen LogP contribution in [0.25, 0.3) is 0 Å². The molecule has 0 aliphatic carbocycles. The van der Waals surface area contributed by atoms with E-state index in [0.29, 0.717) is 11.9 Å². The quantitative estimate of drug-likeness (QED) is 0.875. The molecular formula is C12H15ClN6. The van der Waals surface area contributed by atoms with Gasteiger partial charge in [-0.15, -0.1) is 0 Å². The first-order valence-electron chi connectivity index (χ1n) is 6.01. The van der Waals surface area contributed by atoms with Crippen LogP contribution in [0, 0.1) is 0 Å². The maximum atomic E-state index is 5.86. The van der Waals surface area contributed by atoms with Crippen molar-refractivity contribution >= 4 is 23.5 Å². The lowest BCUT2D eigenvalue weighted by Gasteiger charge is -2.14. The third-order valence-electron chi connectivity index (χ3n) is 2.47. The summed E-state index contributed by atoms with van der Waals surface area (Å²) in [4.78, 5) is 16.4. The maximum Gasteiger partial charge on any atom is 0.229 e. The van der Waals surface area contributed by atoms with Gasteiger partial charge in [0.05, 0.1) is 6.04 Å². The summed E-state index contributed by atoms with van der Waals surface area (Å²) in [6.07, 6.45) is 3.53. The molecular weight excluding hydrogens is 264 g/mol. The smallest absolute Gasteiger partial charge is 0.229 e. The normalized spacial score (nSPS) is 11.9. The van der Waals surface area contributed by atoms with E-state index in [1.54, 1.807) is 12.4 Å². The van der Waals surface area contributed by atoms with E-state index in [0.717, 1.165) is 12.1 Å². The minimum absolute atomic E-state index is 0.0293. The van der Waals surface area contributed by atoms with Gasteiger partial charge >= 0.3 is 0 Å². The van der Waals surface area contributed by atoms with Crippen LogP contribution in [0.15, 0.2) is 24.5 Å². The zero-order valence-corrected chi connectivity index (χ0v) is 11.5. The molecule has 0 saturated heterocycles. The van der Waals surface area contributed by atoms with E-state index in [9.17, 15) is 0 Å². The molecule has 0 spiro atoms. The topological polar surface area (TPSA) is 75.6 Å². The summed E-state index contributed by atoms with van der Waals surface area (Å²) < 4.78 is 0. The van der Waals surface area contributed by atoms with Crippen LogP contribution in [-0.2, 0) is 0 Å². The zero-order valence-electron chi connectivity index (χ0n) is 10.8. The fourth-order valence-corrected chi connectivity index (χ4v) is 1.72. The average molecular weight is 279 g/mol. The van der Waals surface area contributed by atoms with Gasteiger partial charge in [0.1, 0.15) is 0 Å². The van der Waals surface area contributed by atoms with Gasteiger partial charge < -0.3 is 10.6 Å². The standard InChI is InChI=1S/C12H15ClN6/c1-3-15-11-17-10(13)18-12(19-11)16-8(2)9-5-4-6-14-7-9/h4-8H,3H2,1-2H3,(H2,15,16,17,18,19). The molecule has 2 rings (SSSR count). The molecule has 1 unspecified atom stereocenters. The minimum atomic E-state index is 0.0293. The highest BCUT2D eigenvalue weighted by Crippen LogP contribution is 2.17. The fourth-order valence-electron chi connectivity index (χ4n) is 1.56. The molecule has 7 heteroatoms. The molecule has 0 aliphatic rings. The first-order valence-corrected chi connectivity index (χ1v) is 6.38. The lowest BCUT2D eigenvalue weighted by Crippen LogP contribution is -2.12. The molecule has 0 bridgehead atoms. The van der Waals surface area contributed by atoms with Crippen LogP contribution in [0.1, 0.15) is 25.5 Å². The highest BCUT2D eigenvalue weighted by Gasteiger charge is 2.09. The summed E-state index contributed by atoms with van der Waals surface area (Å²) in [6.45, 7) is 4.68. The second-order valence-electron chi connectivity index (χ2n) is 3.93. The molecule has 0 fully saturated rings. The predicted octanol–water partition coefficient (Wildman–Crippen LogP) is 2.52. The first kappa shape index (κ1) is 13.5. The van der Waals surface area contributed by atoms with Crippen molar-refractivity contribution in [2.75, 3.05) is 17.2 Å². The SMILES string of the molecule is CCNc1nc(Cl)nc(NC(C)c2cccnc2)n1. The molecule has 2 N–H and O–H groups in total. The van der Waals surface area contributed by atoms with Crippen molar-refractivity contribution in [1.29, 1.82) is 0 Å². The van der Waals surface area contributed by atoms with Gasteiger partial charge in [-0.25, -0.2) is 0 Å². The Morgan fingerprint density at radius 3 is 2.74 bits per heavy atom. The van der Waals surface area contributed by atoms with E-state index in [1.165, 1.54) is 0 Å². The van der Waals surface area contributed by atoms with Crippen LogP contribution in [0.3, 0.4) is 0 Å². The Labute approximate surface area is 116 Å². The summed E-state index contributed by atoms with van der Waals surface area (Å²) in [5, 5.41) is 6.33. The summed E-state index contributed by atoms with van der Waals surface area (Å²) in [5.41, 5.74) is 1.05. The van der Waals surface area contributed by atoms with Crippen molar-refractivity contribution in [3.8, 4) is 0 Å². The van der Waals surface area contributed by atoms with Crippen LogP contribution in [0.4, 0.5) is 11.9 Å². The Hall–Kier alpha value is -1.95. The van der Waals surface area contributed by atoms with Gasteiger partial charge in [0.25, 0.3) is 0 Å². The Balaban J connectivity index is 2.14. The van der Waals surface area contributed by atoms with Crippen LogP contribution in [-0.4, -0.2) is 26.5 Å². The van der Waals surface area contributed by atoms with Crippen molar-refractivity contribution in [2.45, 2.75) is 19.9 Å². The first-order chi connectivity index (χ1) is 9.19. The number of anilines is 2. The Morgan fingerprint density at radius 1 is 1.26 bits per heavy atom. The molecule has 6 nitrogen and oxygen atoms in total. The van der Waals surface area contributed by atoms with Crippen molar-refractivity contribution in [2.24, 2.45) is 0 Å². The molecule has 0 saturated carbocycles. The van der Waals surface area contributed by atoms with E-state index in [4.69, 9.17) is 11.6 Å². The van der Waals surface area contributed by atoms with Gasteiger partial charge in [-0.05, 0) is 37.1 Å². The molecule has 0 aliphatic heterocycles. The molecule has 0 aromatic carbocycles. The Kier molecular flexibility index (Phi) is 4.46. The summed E-state index contributed by atoms with van der Waals surface area (Å²) in [7, 11) is 0. The van der Waals surface area contributed by atoms with Crippen LogP contribution < -0.4 is 10.6 Å². The van der Waals surface area contributed by atoms with Crippen LogP contribution in [0.5, 0.6) is 0 Å². The van der Waals surface area contributed by atoms with Gasteiger partial charge in [0, 0.05) is 18.9 Å². The number of nitrogens with one attached hydrogen (secondary N) is 2. The molecule has 0 radical (unpaired) electrons. The van der Waals surface area contributed by atoms with Crippen LogP contribution in [0.2, 0.25) is 5.28 Å². The lowest BCUT2D eigenvalue weighted by atomic mass is 10.1. The van der Waals surface area contributed by atoms with E-state index in [2.05, 4.69) is 30.6 Å². The molecule has 2 aromatic heterocycles. The van der Waals surface area contributed by atoms with E-state index in [1.807, 2.05) is 26.0 Å². The molecule has 2 heterocycles. The number of rotatable bonds is 5. The average Bonchev–Trinajstić information content (AvgIpc) is 2.39. The van der Waals surface area contributed by atoms with E-state index < -0.39 is 0 Å². The molecule has 2 aromatic rings. The summed E-state index contributed by atoms with van der Waals surface area (Å²) >= 11 is 5.86. The highest BCUT2D eigenvalue weighted by molar-refractivity contribution is 6.28. The molecule has 19 heavy (non-hydrogen) atoms. The number of pyridine rings is 1. The molecule has 100 valence electrons. The number of hydrogen-bond acceptors (Lipinski definition) is 6. The Bertz CT molecular complexity index is 533. The fraction of sp³-hybridized carbons (Fsp3) is 0.333. The number of nitrogens with zero attached hydrogens (tertiary/aromatic N) is 4. The van der Waals surface area contributed by atoms with Crippen molar-refractivity contribution in [1.82, 2.24) is 19.9 Å². The van der Waals surface area contributed by atoms with Gasteiger partial charge in [-0.2, -0.15) is 15.0 Å². The molecule has 1 atom stereocenters. The third-order valence-corrected chi connectivity index (χ3v) is 2.64. The monoisotopic (exact) mass is 278 g/mol.